The molecule has 0 saturated carbocycles. The van der Waals surface area contributed by atoms with E-state index in [0.717, 1.165) is 28.1 Å². The molecular weight excluding hydrogens is 228 g/mol. The van der Waals surface area contributed by atoms with Crippen molar-refractivity contribution in [2.75, 3.05) is 7.11 Å². The second-order valence-corrected chi connectivity index (χ2v) is 4.51. The molecular formula is C14H18N2O2. The van der Waals surface area contributed by atoms with Crippen LogP contribution in [0.1, 0.15) is 28.5 Å². The minimum Gasteiger partial charge on any atom is -0.496 e. The summed E-state index contributed by atoms with van der Waals surface area (Å²) in [6.07, 6.45) is 2.70. The zero-order chi connectivity index (χ0) is 13.3. The summed E-state index contributed by atoms with van der Waals surface area (Å²) in [5.41, 5.74) is 3.69. The van der Waals surface area contributed by atoms with Gasteiger partial charge in [-0.15, -0.1) is 0 Å². The summed E-state index contributed by atoms with van der Waals surface area (Å²) < 4.78 is 7.10. The van der Waals surface area contributed by atoms with Crippen molar-refractivity contribution in [3.63, 3.8) is 0 Å². The molecule has 2 aromatic rings. The van der Waals surface area contributed by atoms with Gasteiger partial charge in [-0.25, -0.2) is 4.98 Å². The Morgan fingerprint density at radius 2 is 2.00 bits per heavy atom. The van der Waals surface area contributed by atoms with Crippen molar-refractivity contribution < 1.29 is 9.84 Å². The second kappa shape index (κ2) is 4.82. The van der Waals surface area contributed by atoms with Gasteiger partial charge in [0.05, 0.1) is 25.3 Å². The van der Waals surface area contributed by atoms with Crippen LogP contribution in [-0.2, 0) is 7.05 Å². The highest BCUT2D eigenvalue weighted by Gasteiger charge is 2.17. The Kier molecular flexibility index (Phi) is 3.39. The van der Waals surface area contributed by atoms with Crippen LogP contribution in [0, 0.1) is 13.8 Å². The molecule has 18 heavy (non-hydrogen) atoms. The van der Waals surface area contributed by atoms with E-state index in [1.165, 1.54) is 0 Å². The SMILES string of the molecule is COc1cc(C)c(C(O)c2cncn2C)cc1C. The molecule has 1 atom stereocenters. The number of ether oxygens (including phenoxy) is 1. The summed E-state index contributed by atoms with van der Waals surface area (Å²) in [5.74, 6) is 0.841. The quantitative estimate of drug-likeness (QED) is 0.902. The van der Waals surface area contributed by atoms with E-state index < -0.39 is 6.10 Å². The van der Waals surface area contributed by atoms with E-state index in [2.05, 4.69) is 4.98 Å². The van der Waals surface area contributed by atoms with Crippen molar-refractivity contribution in [2.24, 2.45) is 7.05 Å². The summed E-state index contributed by atoms with van der Waals surface area (Å²) in [7, 11) is 3.52. The van der Waals surface area contributed by atoms with Gasteiger partial charge in [0.2, 0.25) is 0 Å². The minimum absolute atomic E-state index is 0.665. The van der Waals surface area contributed by atoms with E-state index in [1.807, 2.05) is 37.6 Å². The minimum atomic E-state index is -0.665. The molecule has 0 radical (unpaired) electrons. The monoisotopic (exact) mass is 246 g/mol. The first-order valence-electron chi connectivity index (χ1n) is 5.84. The molecule has 2 rings (SSSR count). The third kappa shape index (κ3) is 2.11. The standard InChI is InChI=1S/C14H18N2O2/c1-9-6-13(18-4)10(2)5-11(9)14(17)12-7-15-8-16(12)3/h5-8,14,17H,1-4H3. The Balaban J connectivity index is 2.46. The van der Waals surface area contributed by atoms with Crippen molar-refractivity contribution in [2.45, 2.75) is 20.0 Å². The number of methoxy groups -OCH3 is 1. The number of aliphatic hydroxyl groups is 1. The number of imidazole rings is 1. The maximum atomic E-state index is 10.4. The van der Waals surface area contributed by atoms with Crippen LogP contribution >= 0.6 is 0 Å². The summed E-state index contributed by atoms with van der Waals surface area (Å²) in [4.78, 5) is 4.03. The normalized spacial score (nSPS) is 12.5. The number of nitrogens with zero attached hydrogens (tertiary/aromatic N) is 2. The molecule has 0 bridgehead atoms. The first-order chi connectivity index (χ1) is 8.54. The molecule has 0 spiro atoms. The van der Waals surface area contributed by atoms with Gasteiger partial charge in [0.1, 0.15) is 11.9 Å². The molecule has 0 aliphatic heterocycles. The molecule has 1 N–H and O–H groups in total. The van der Waals surface area contributed by atoms with Crippen LogP contribution in [-0.4, -0.2) is 21.8 Å². The Bertz CT molecular complexity index is 561. The lowest BCUT2D eigenvalue weighted by Crippen LogP contribution is -2.07. The zero-order valence-corrected chi connectivity index (χ0v) is 11.1. The summed E-state index contributed by atoms with van der Waals surface area (Å²) >= 11 is 0. The fourth-order valence-electron chi connectivity index (χ4n) is 2.12. The Morgan fingerprint density at radius 3 is 2.56 bits per heavy atom. The van der Waals surface area contributed by atoms with Gasteiger partial charge in [-0.1, -0.05) is 0 Å². The van der Waals surface area contributed by atoms with Gasteiger partial charge in [-0.05, 0) is 42.7 Å². The van der Waals surface area contributed by atoms with Crippen LogP contribution in [0.5, 0.6) is 5.75 Å². The first kappa shape index (κ1) is 12.6. The van der Waals surface area contributed by atoms with Crippen molar-refractivity contribution >= 4 is 0 Å². The third-order valence-electron chi connectivity index (χ3n) is 3.21. The molecule has 0 aliphatic carbocycles. The molecule has 1 heterocycles. The van der Waals surface area contributed by atoms with Gasteiger partial charge in [0.25, 0.3) is 0 Å². The van der Waals surface area contributed by atoms with Crippen molar-refractivity contribution in [1.29, 1.82) is 0 Å². The second-order valence-electron chi connectivity index (χ2n) is 4.51. The molecule has 4 heteroatoms. The highest BCUT2D eigenvalue weighted by molar-refractivity contribution is 5.44. The fraction of sp³-hybridized carbons (Fsp3) is 0.357. The van der Waals surface area contributed by atoms with Crippen molar-refractivity contribution in [3.05, 3.63) is 47.0 Å². The lowest BCUT2D eigenvalue weighted by molar-refractivity contribution is 0.210. The summed E-state index contributed by atoms with van der Waals surface area (Å²) in [6.45, 7) is 3.94. The predicted molar refractivity (Wildman–Crippen MR) is 69.7 cm³/mol. The van der Waals surface area contributed by atoms with Gasteiger partial charge in [0, 0.05) is 7.05 Å². The van der Waals surface area contributed by atoms with E-state index >= 15 is 0 Å². The molecule has 1 unspecified atom stereocenters. The Labute approximate surface area is 107 Å². The van der Waals surface area contributed by atoms with Crippen molar-refractivity contribution in [3.8, 4) is 5.75 Å². The summed E-state index contributed by atoms with van der Waals surface area (Å²) in [6, 6.07) is 3.91. The van der Waals surface area contributed by atoms with Crippen LogP contribution in [0.2, 0.25) is 0 Å². The van der Waals surface area contributed by atoms with E-state index in [0.29, 0.717) is 0 Å². The average molecular weight is 246 g/mol. The first-order valence-corrected chi connectivity index (χ1v) is 5.84. The lowest BCUT2D eigenvalue weighted by Gasteiger charge is -2.16. The van der Waals surface area contributed by atoms with E-state index in [9.17, 15) is 5.11 Å². The summed E-state index contributed by atoms with van der Waals surface area (Å²) in [5, 5.41) is 10.4. The number of rotatable bonds is 3. The topological polar surface area (TPSA) is 47.3 Å². The predicted octanol–water partition coefficient (Wildman–Crippen LogP) is 2.13. The van der Waals surface area contributed by atoms with E-state index in [4.69, 9.17) is 4.74 Å². The highest BCUT2D eigenvalue weighted by atomic mass is 16.5. The van der Waals surface area contributed by atoms with E-state index in [-0.39, 0.29) is 0 Å². The number of aliphatic hydroxyl groups excluding tert-OH is 1. The van der Waals surface area contributed by atoms with Crippen molar-refractivity contribution in [1.82, 2.24) is 9.55 Å². The molecule has 4 nitrogen and oxygen atoms in total. The number of benzene rings is 1. The van der Waals surface area contributed by atoms with Gasteiger partial charge in [-0.3, -0.25) is 0 Å². The van der Waals surface area contributed by atoms with Crippen LogP contribution in [0.15, 0.2) is 24.7 Å². The Morgan fingerprint density at radius 1 is 1.28 bits per heavy atom. The fourth-order valence-corrected chi connectivity index (χ4v) is 2.12. The number of hydrogen-bond acceptors (Lipinski definition) is 3. The van der Waals surface area contributed by atoms with E-state index in [1.54, 1.807) is 19.6 Å². The smallest absolute Gasteiger partial charge is 0.122 e. The maximum Gasteiger partial charge on any atom is 0.122 e. The van der Waals surface area contributed by atoms with Crippen LogP contribution in [0.4, 0.5) is 0 Å². The molecule has 1 aromatic carbocycles. The number of aromatic nitrogens is 2. The van der Waals surface area contributed by atoms with Gasteiger partial charge >= 0.3 is 0 Å². The average Bonchev–Trinajstić information content (AvgIpc) is 2.77. The zero-order valence-electron chi connectivity index (χ0n) is 11.1. The largest absolute Gasteiger partial charge is 0.496 e. The molecule has 0 saturated heterocycles. The van der Waals surface area contributed by atoms with Gasteiger partial charge in [-0.2, -0.15) is 0 Å². The molecule has 0 aliphatic rings. The van der Waals surface area contributed by atoms with Crippen LogP contribution in [0.3, 0.4) is 0 Å². The molecule has 0 fully saturated rings. The number of aryl methyl sites for hydroxylation is 3. The maximum absolute atomic E-state index is 10.4. The van der Waals surface area contributed by atoms with Crippen LogP contribution < -0.4 is 4.74 Å². The third-order valence-corrected chi connectivity index (χ3v) is 3.21. The van der Waals surface area contributed by atoms with Gasteiger partial charge < -0.3 is 14.4 Å². The van der Waals surface area contributed by atoms with Gasteiger partial charge in [0.15, 0.2) is 0 Å². The lowest BCUT2D eigenvalue weighted by atomic mass is 9.98. The molecule has 96 valence electrons. The van der Waals surface area contributed by atoms with Crippen LogP contribution in [0.25, 0.3) is 0 Å². The molecule has 0 amide bonds. The highest BCUT2D eigenvalue weighted by Crippen LogP contribution is 2.29. The molecule has 1 aromatic heterocycles. The number of hydrogen-bond donors (Lipinski definition) is 1. The Hall–Kier alpha value is -1.81.